The summed E-state index contributed by atoms with van der Waals surface area (Å²) >= 11 is 0. The molecule has 1 amide bonds. The zero-order valence-electron chi connectivity index (χ0n) is 13.4. The Bertz CT molecular complexity index is 481. The first-order valence-corrected chi connectivity index (χ1v) is 8.40. The number of hydrogen-bond acceptors (Lipinski definition) is 4. The molecule has 1 aliphatic carbocycles. The zero-order chi connectivity index (χ0) is 15.4. The van der Waals surface area contributed by atoms with E-state index >= 15 is 0 Å². The van der Waals surface area contributed by atoms with Gasteiger partial charge in [0, 0.05) is 51.5 Å². The fourth-order valence-corrected chi connectivity index (χ4v) is 3.13. The predicted octanol–water partition coefficient (Wildman–Crippen LogP) is 1.21. The first kappa shape index (κ1) is 15.4. The van der Waals surface area contributed by atoms with E-state index in [9.17, 15) is 4.79 Å². The fraction of sp³-hybridized carbons (Fsp3) is 0.647. The second-order valence-electron chi connectivity index (χ2n) is 6.28. The summed E-state index contributed by atoms with van der Waals surface area (Å²) < 4.78 is 0. The van der Waals surface area contributed by atoms with Crippen molar-refractivity contribution in [3.05, 3.63) is 30.1 Å². The second kappa shape index (κ2) is 7.20. The summed E-state index contributed by atoms with van der Waals surface area (Å²) in [7, 11) is 0. The summed E-state index contributed by atoms with van der Waals surface area (Å²) in [6.45, 7) is 8.40. The average Bonchev–Trinajstić information content (AvgIpc) is 3.36. The lowest BCUT2D eigenvalue weighted by Crippen LogP contribution is -2.50. The van der Waals surface area contributed by atoms with Gasteiger partial charge in [-0.05, 0) is 31.9 Å². The Kier molecular flexibility index (Phi) is 5.05. The fourth-order valence-electron chi connectivity index (χ4n) is 3.13. The lowest BCUT2D eigenvalue weighted by Gasteiger charge is -2.35. The van der Waals surface area contributed by atoms with Gasteiger partial charge >= 0.3 is 0 Å². The van der Waals surface area contributed by atoms with E-state index in [1.165, 1.54) is 12.8 Å². The van der Waals surface area contributed by atoms with Gasteiger partial charge in [-0.2, -0.15) is 0 Å². The van der Waals surface area contributed by atoms with Crippen LogP contribution < -0.4 is 0 Å². The number of amides is 1. The van der Waals surface area contributed by atoms with Crippen molar-refractivity contribution in [2.75, 3.05) is 39.3 Å². The molecule has 2 heterocycles. The maximum atomic E-state index is 12.4. The van der Waals surface area contributed by atoms with Crippen molar-refractivity contribution in [3.8, 4) is 0 Å². The van der Waals surface area contributed by atoms with E-state index in [-0.39, 0.29) is 0 Å². The Morgan fingerprint density at radius 3 is 2.55 bits per heavy atom. The van der Waals surface area contributed by atoms with Crippen molar-refractivity contribution >= 4 is 5.91 Å². The van der Waals surface area contributed by atoms with Crippen LogP contribution in [0, 0.1) is 0 Å². The number of rotatable bonds is 6. The van der Waals surface area contributed by atoms with Gasteiger partial charge in [-0.15, -0.1) is 0 Å². The minimum Gasteiger partial charge on any atom is -0.339 e. The topological polar surface area (TPSA) is 39.7 Å². The summed E-state index contributed by atoms with van der Waals surface area (Å²) in [4.78, 5) is 23.5. The van der Waals surface area contributed by atoms with Crippen molar-refractivity contribution in [3.63, 3.8) is 0 Å². The first-order valence-electron chi connectivity index (χ1n) is 8.40. The molecule has 120 valence electrons. The monoisotopic (exact) mass is 302 g/mol. The lowest BCUT2D eigenvalue weighted by atomic mass is 10.2. The molecule has 1 saturated carbocycles. The molecule has 0 bridgehead atoms. The van der Waals surface area contributed by atoms with Crippen LogP contribution in [0.5, 0.6) is 0 Å². The van der Waals surface area contributed by atoms with E-state index in [1.807, 2.05) is 18.3 Å². The number of likely N-dealkylation sites (N-methyl/N-ethyl adjacent to an activating group) is 1. The van der Waals surface area contributed by atoms with Crippen LogP contribution in [0.15, 0.2) is 24.4 Å². The number of nitrogens with zero attached hydrogens (tertiary/aromatic N) is 4. The standard InChI is InChI=1S/C17H26N4O/c1-2-21(16-6-7-16)17(22)14-20-11-9-19(10-12-20)13-15-5-3-4-8-18-15/h3-5,8,16H,2,6-7,9-14H2,1H3. The van der Waals surface area contributed by atoms with Gasteiger partial charge in [-0.3, -0.25) is 19.6 Å². The van der Waals surface area contributed by atoms with Gasteiger partial charge in [0.05, 0.1) is 12.2 Å². The molecule has 5 heteroatoms. The van der Waals surface area contributed by atoms with Crippen molar-refractivity contribution in [2.24, 2.45) is 0 Å². The van der Waals surface area contributed by atoms with Crippen molar-refractivity contribution < 1.29 is 4.79 Å². The van der Waals surface area contributed by atoms with Gasteiger partial charge in [0.1, 0.15) is 0 Å². The lowest BCUT2D eigenvalue weighted by molar-refractivity contribution is -0.133. The molecule has 22 heavy (non-hydrogen) atoms. The van der Waals surface area contributed by atoms with Crippen molar-refractivity contribution in [1.82, 2.24) is 19.7 Å². The smallest absolute Gasteiger partial charge is 0.236 e. The van der Waals surface area contributed by atoms with Crippen LogP contribution >= 0.6 is 0 Å². The molecule has 0 radical (unpaired) electrons. The minimum absolute atomic E-state index is 0.308. The van der Waals surface area contributed by atoms with Crippen LogP contribution in [-0.2, 0) is 11.3 Å². The first-order chi connectivity index (χ1) is 10.8. The third-order valence-corrected chi connectivity index (χ3v) is 4.58. The molecule has 1 aliphatic heterocycles. The highest BCUT2D eigenvalue weighted by Crippen LogP contribution is 2.26. The van der Waals surface area contributed by atoms with Gasteiger partial charge in [0.25, 0.3) is 0 Å². The number of pyridine rings is 1. The summed E-state index contributed by atoms with van der Waals surface area (Å²) in [6, 6.07) is 6.59. The number of piperazine rings is 1. The Labute approximate surface area is 132 Å². The largest absolute Gasteiger partial charge is 0.339 e. The molecule has 0 N–H and O–H groups in total. The number of carbonyl (C=O) groups excluding carboxylic acids is 1. The van der Waals surface area contributed by atoms with Crippen LogP contribution in [0.3, 0.4) is 0 Å². The van der Waals surface area contributed by atoms with Gasteiger partial charge in [0.15, 0.2) is 0 Å². The van der Waals surface area contributed by atoms with E-state index < -0.39 is 0 Å². The molecular weight excluding hydrogens is 276 g/mol. The Morgan fingerprint density at radius 2 is 1.95 bits per heavy atom. The molecule has 1 saturated heterocycles. The molecule has 1 aromatic heterocycles. The van der Waals surface area contributed by atoms with Gasteiger partial charge < -0.3 is 4.90 Å². The molecule has 2 aliphatic rings. The molecular formula is C17H26N4O. The predicted molar refractivity (Wildman–Crippen MR) is 86.4 cm³/mol. The Hall–Kier alpha value is -1.46. The van der Waals surface area contributed by atoms with E-state index in [1.54, 1.807) is 0 Å². The van der Waals surface area contributed by atoms with Crippen molar-refractivity contribution in [1.29, 1.82) is 0 Å². The third kappa shape index (κ3) is 4.05. The molecule has 0 atom stereocenters. The molecule has 0 aromatic carbocycles. The maximum absolute atomic E-state index is 12.4. The normalized spacial score (nSPS) is 20.0. The van der Waals surface area contributed by atoms with Gasteiger partial charge in [-0.1, -0.05) is 6.07 Å². The van der Waals surface area contributed by atoms with Gasteiger partial charge in [0.2, 0.25) is 5.91 Å². The maximum Gasteiger partial charge on any atom is 0.236 e. The Balaban J connectivity index is 1.42. The molecule has 0 spiro atoms. The Morgan fingerprint density at radius 1 is 1.23 bits per heavy atom. The van der Waals surface area contributed by atoms with Crippen LogP contribution in [0.1, 0.15) is 25.5 Å². The highest BCUT2D eigenvalue weighted by Gasteiger charge is 2.32. The molecule has 0 unspecified atom stereocenters. The molecule has 5 nitrogen and oxygen atoms in total. The number of carbonyl (C=O) groups is 1. The van der Waals surface area contributed by atoms with Crippen LogP contribution in [-0.4, -0.2) is 70.9 Å². The molecule has 3 rings (SSSR count). The molecule has 1 aromatic rings. The summed E-state index contributed by atoms with van der Waals surface area (Å²) in [5.41, 5.74) is 1.12. The minimum atomic E-state index is 0.308. The quantitative estimate of drug-likeness (QED) is 0.792. The second-order valence-corrected chi connectivity index (χ2v) is 6.28. The highest BCUT2D eigenvalue weighted by molar-refractivity contribution is 5.78. The van der Waals surface area contributed by atoms with E-state index in [2.05, 4.69) is 32.7 Å². The summed E-state index contributed by atoms with van der Waals surface area (Å²) in [6.07, 6.45) is 4.23. The SMILES string of the molecule is CCN(C(=O)CN1CCN(Cc2ccccn2)CC1)C1CC1. The number of hydrogen-bond donors (Lipinski definition) is 0. The van der Waals surface area contributed by atoms with E-state index in [4.69, 9.17) is 0 Å². The summed E-state index contributed by atoms with van der Waals surface area (Å²) in [5.74, 6) is 0.308. The van der Waals surface area contributed by atoms with Crippen LogP contribution in [0.2, 0.25) is 0 Å². The highest BCUT2D eigenvalue weighted by atomic mass is 16.2. The van der Waals surface area contributed by atoms with E-state index in [0.29, 0.717) is 18.5 Å². The van der Waals surface area contributed by atoms with E-state index in [0.717, 1.165) is 45.0 Å². The van der Waals surface area contributed by atoms with Gasteiger partial charge in [-0.25, -0.2) is 0 Å². The van der Waals surface area contributed by atoms with Crippen molar-refractivity contribution in [2.45, 2.75) is 32.4 Å². The zero-order valence-corrected chi connectivity index (χ0v) is 13.4. The average molecular weight is 302 g/mol. The van der Waals surface area contributed by atoms with Crippen LogP contribution in [0.25, 0.3) is 0 Å². The number of aromatic nitrogens is 1. The molecule has 2 fully saturated rings. The summed E-state index contributed by atoms with van der Waals surface area (Å²) in [5, 5.41) is 0. The van der Waals surface area contributed by atoms with Crippen LogP contribution in [0.4, 0.5) is 0 Å². The third-order valence-electron chi connectivity index (χ3n) is 4.58.